The summed E-state index contributed by atoms with van der Waals surface area (Å²) in [6.07, 6.45) is 2.81. The summed E-state index contributed by atoms with van der Waals surface area (Å²) in [5, 5.41) is 3.88. The van der Waals surface area contributed by atoms with Crippen LogP contribution in [-0.4, -0.2) is 51.4 Å². The van der Waals surface area contributed by atoms with Crippen molar-refractivity contribution in [1.29, 1.82) is 0 Å². The van der Waals surface area contributed by atoms with Crippen molar-refractivity contribution in [2.24, 2.45) is 0 Å². The Bertz CT molecular complexity index is 662. The van der Waals surface area contributed by atoms with Gasteiger partial charge in [0.05, 0.1) is 11.3 Å². The van der Waals surface area contributed by atoms with Gasteiger partial charge in [-0.2, -0.15) is 11.3 Å². The van der Waals surface area contributed by atoms with Crippen LogP contribution in [0.25, 0.3) is 0 Å². The van der Waals surface area contributed by atoms with E-state index in [4.69, 9.17) is 0 Å². The van der Waals surface area contributed by atoms with Crippen molar-refractivity contribution in [3.05, 3.63) is 40.1 Å². The average molecular weight is 332 g/mol. The van der Waals surface area contributed by atoms with Crippen molar-refractivity contribution < 1.29 is 4.79 Å². The van der Waals surface area contributed by atoms with E-state index in [9.17, 15) is 4.79 Å². The lowest BCUT2D eigenvalue weighted by atomic mass is 10.2. The molecule has 2 aromatic rings. The smallest absolute Gasteiger partial charge is 0.254 e. The number of hydrogen-bond acceptors (Lipinski definition) is 4. The summed E-state index contributed by atoms with van der Waals surface area (Å²) in [5.74, 6) is 1.23. The van der Waals surface area contributed by atoms with E-state index in [2.05, 4.69) is 35.3 Å². The molecule has 1 aliphatic rings. The van der Waals surface area contributed by atoms with Crippen molar-refractivity contribution in [3.8, 4) is 0 Å². The van der Waals surface area contributed by atoms with Gasteiger partial charge >= 0.3 is 0 Å². The predicted molar refractivity (Wildman–Crippen MR) is 92.8 cm³/mol. The molecule has 23 heavy (non-hydrogen) atoms. The Hall–Kier alpha value is -1.66. The van der Waals surface area contributed by atoms with Crippen LogP contribution in [0.1, 0.15) is 35.7 Å². The van der Waals surface area contributed by atoms with Gasteiger partial charge in [0.2, 0.25) is 0 Å². The highest BCUT2D eigenvalue weighted by molar-refractivity contribution is 7.08. The van der Waals surface area contributed by atoms with Crippen LogP contribution in [-0.2, 0) is 19.5 Å². The molecule has 0 fully saturated rings. The fourth-order valence-electron chi connectivity index (χ4n) is 2.83. The molecule has 3 rings (SSSR count). The predicted octanol–water partition coefficient (Wildman–Crippen LogP) is 2.48. The lowest BCUT2D eigenvalue weighted by molar-refractivity contribution is 0.0759. The van der Waals surface area contributed by atoms with E-state index in [-0.39, 0.29) is 5.91 Å². The average Bonchev–Trinajstić information content (AvgIpc) is 3.13. The number of nitrogens with zero attached hydrogens (tertiary/aromatic N) is 4. The standard InChI is InChI=1S/C17H24N4OS/c1-13(2)19(3)11-15-10-18-16-4-6-20(7-8-21(15)16)17(22)14-5-9-23-12-14/h5,9-10,12-13H,4,6-8,11H2,1-3H3. The van der Waals surface area contributed by atoms with E-state index in [1.165, 1.54) is 5.69 Å². The van der Waals surface area contributed by atoms with E-state index in [0.717, 1.165) is 44.0 Å². The van der Waals surface area contributed by atoms with E-state index >= 15 is 0 Å². The first-order chi connectivity index (χ1) is 11.1. The zero-order chi connectivity index (χ0) is 16.4. The summed E-state index contributed by atoms with van der Waals surface area (Å²) in [5.41, 5.74) is 2.04. The molecule has 1 aliphatic heterocycles. The SMILES string of the molecule is CC(C)N(C)Cc1cnc2n1CCN(C(=O)c1ccsc1)CC2. The van der Waals surface area contributed by atoms with Gasteiger partial charge in [-0.15, -0.1) is 0 Å². The lowest BCUT2D eigenvalue weighted by Gasteiger charge is -2.22. The molecule has 0 N–H and O–H groups in total. The molecule has 3 heterocycles. The van der Waals surface area contributed by atoms with Crippen LogP contribution in [0.2, 0.25) is 0 Å². The Morgan fingerprint density at radius 1 is 1.39 bits per heavy atom. The van der Waals surface area contributed by atoms with Crippen LogP contribution in [0.3, 0.4) is 0 Å². The van der Waals surface area contributed by atoms with Crippen LogP contribution >= 0.6 is 11.3 Å². The summed E-state index contributed by atoms with van der Waals surface area (Å²) < 4.78 is 2.29. The molecule has 0 bridgehead atoms. The van der Waals surface area contributed by atoms with Crippen LogP contribution in [0.4, 0.5) is 0 Å². The zero-order valence-corrected chi connectivity index (χ0v) is 14.8. The Balaban J connectivity index is 1.71. The second-order valence-corrected chi connectivity index (χ2v) is 7.16. The van der Waals surface area contributed by atoms with Crippen molar-refractivity contribution in [1.82, 2.24) is 19.4 Å². The van der Waals surface area contributed by atoms with E-state index in [0.29, 0.717) is 6.04 Å². The molecule has 0 aliphatic carbocycles. The van der Waals surface area contributed by atoms with Crippen LogP contribution in [0, 0.1) is 0 Å². The second kappa shape index (κ2) is 6.84. The van der Waals surface area contributed by atoms with Gasteiger partial charge in [-0.3, -0.25) is 9.69 Å². The lowest BCUT2D eigenvalue weighted by Crippen LogP contribution is -2.33. The van der Waals surface area contributed by atoms with E-state index in [1.807, 2.05) is 27.9 Å². The Kier molecular flexibility index (Phi) is 4.82. The Labute approximate surface area is 141 Å². The van der Waals surface area contributed by atoms with Crippen molar-refractivity contribution in [2.75, 3.05) is 20.1 Å². The molecule has 0 saturated heterocycles. The first-order valence-electron chi connectivity index (χ1n) is 8.11. The van der Waals surface area contributed by atoms with Gasteiger partial charge in [0.25, 0.3) is 5.91 Å². The van der Waals surface area contributed by atoms with Crippen LogP contribution < -0.4 is 0 Å². The van der Waals surface area contributed by atoms with Gasteiger partial charge in [-0.1, -0.05) is 0 Å². The van der Waals surface area contributed by atoms with Crippen molar-refractivity contribution in [2.45, 2.75) is 39.4 Å². The molecule has 0 unspecified atom stereocenters. The number of hydrogen-bond donors (Lipinski definition) is 0. The van der Waals surface area contributed by atoms with Gasteiger partial charge < -0.3 is 9.47 Å². The normalized spacial score (nSPS) is 15.1. The van der Waals surface area contributed by atoms with E-state index in [1.54, 1.807) is 11.3 Å². The van der Waals surface area contributed by atoms with Gasteiger partial charge in [-0.25, -0.2) is 4.98 Å². The highest BCUT2D eigenvalue weighted by Crippen LogP contribution is 2.16. The van der Waals surface area contributed by atoms with Crippen molar-refractivity contribution >= 4 is 17.2 Å². The summed E-state index contributed by atoms with van der Waals surface area (Å²) in [6.45, 7) is 7.60. The minimum absolute atomic E-state index is 0.137. The number of thiophene rings is 1. The van der Waals surface area contributed by atoms with Crippen molar-refractivity contribution in [3.63, 3.8) is 0 Å². The fourth-order valence-corrected chi connectivity index (χ4v) is 3.46. The maximum Gasteiger partial charge on any atom is 0.254 e. The van der Waals surface area contributed by atoms with Crippen LogP contribution in [0.5, 0.6) is 0 Å². The second-order valence-electron chi connectivity index (χ2n) is 6.38. The molecule has 124 valence electrons. The number of carbonyl (C=O) groups excluding carboxylic acids is 1. The number of amides is 1. The molecule has 0 spiro atoms. The molecule has 0 aromatic carbocycles. The fraction of sp³-hybridized carbons (Fsp3) is 0.529. The number of carbonyl (C=O) groups is 1. The number of fused-ring (bicyclic) bond motifs is 1. The minimum atomic E-state index is 0.137. The molecule has 0 atom stereocenters. The number of rotatable bonds is 4. The maximum absolute atomic E-state index is 12.5. The quantitative estimate of drug-likeness (QED) is 0.864. The first kappa shape index (κ1) is 16.2. The van der Waals surface area contributed by atoms with Gasteiger partial charge in [0.15, 0.2) is 0 Å². The Morgan fingerprint density at radius 3 is 2.91 bits per heavy atom. The number of imidazole rings is 1. The third-order valence-corrected chi connectivity index (χ3v) is 5.25. The van der Waals surface area contributed by atoms with Crippen LogP contribution in [0.15, 0.2) is 23.0 Å². The topological polar surface area (TPSA) is 41.4 Å². The number of aromatic nitrogens is 2. The molecule has 2 aromatic heterocycles. The molecule has 0 saturated carbocycles. The molecular weight excluding hydrogens is 308 g/mol. The molecule has 5 nitrogen and oxygen atoms in total. The Morgan fingerprint density at radius 2 is 2.22 bits per heavy atom. The third kappa shape index (κ3) is 3.48. The third-order valence-electron chi connectivity index (χ3n) is 4.57. The molecular formula is C17H24N4OS. The first-order valence-corrected chi connectivity index (χ1v) is 9.05. The zero-order valence-electron chi connectivity index (χ0n) is 14.0. The minimum Gasteiger partial charge on any atom is -0.336 e. The highest BCUT2D eigenvalue weighted by atomic mass is 32.1. The molecule has 0 radical (unpaired) electrons. The van der Waals surface area contributed by atoms with Gasteiger partial charge in [-0.05, 0) is 32.3 Å². The largest absolute Gasteiger partial charge is 0.336 e. The van der Waals surface area contributed by atoms with E-state index < -0.39 is 0 Å². The monoisotopic (exact) mass is 332 g/mol. The molecule has 6 heteroatoms. The maximum atomic E-state index is 12.5. The molecule has 1 amide bonds. The summed E-state index contributed by atoms with van der Waals surface area (Å²) >= 11 is 1.57. The van der Waals surface area contributed by atoms with Gasteiger partial charge in [0.1, 0.15) is 5.82 Å². The highest BCUT2D eigenvalue weighted by Gasteiger charge is 2.22. The summed E-state index contributed by atoms with van der Waals surface area (Å²) in [4.78, 5) is 21.4. The van der Waals surface area contributed by atoms with Gasteiger partial charge in [0, 0.05) is 50.2 Å². The summed E-state index contributed by atoms with van der Waals surface area (Å²) in [7, 11) is 2.13. The summed E-state index contributed by atoms with van der Waals surface area (Å²) in [6, 6.07) is 2.41.